The van der Waals surface area contributed by atoms with Crippen LogP contribution in [0.4, 0.5) is 5.82 Å². The van der Waals surface area contributed by atoms with Crippen molar-refractivity contribution in [3.63, 3.8) is 0 Å². The molecule has 5 heteroatoms. The molecule has 2 rings (SSSR count). The van der Waals surface area contributed by atoms with Crippen LogP contribution in [0.15, 0.2) is 36.5 Å². The average Bonchev–Trinajstić information content (AvgIpc) is 2.52. The van der Waals surface area contributed by atoms with Crippen molar-refractivity contribution in [2.45, 2.75) is 13.5 Å². The zero-order chi connectivity index (χ0) is 16.1. The van der Waals surface area contributed by atoms with Gasteiger partial charge in [-0.1, -0.05) is 0 Å². The first-order chi connectivity index (χ1) is 10.5. The molecule has 0 aliphatic heterocycles. The van der Waals surface area contributed by atoms with E-state index < -0.39 is 0 Å². The number of hydrogen-bond acceptors (Lipinski definition) is 5. The van der Waals surface area contributed by atoms with Gasteiger partial charge in [-0.05, 0) is 36.8 Å². The Hall–Kier alpha value is -2.56. The van der Waals surface area contributed by atoms with Crippen LogP contribution in [0.25, 0.3) is 0 Å². The molecule has 116 valence electrons. The van der Waals surface area contributed by atoms with Crippen molar-refractivity contribution in [1.29, 1.82) is 0 Å². The van der Waals surface area contributed by atoms with E-state index in [0.717, 1.165) is 11.4 Å². The Morgan fingerprint density at radius 1 is 1.23 bits per heavy atom. The number of ether oxygens (including phenoxy) is 2. The number of rotatable bonds is 6. The maximum absolute atomic E-state index is 11.7. The van der Waals surface area contributed by atoms with Crippen LogP contribution in [-0.2, 0) is 6.61 Å². The molecular weight excluding hydrogens is 280 g/mol. The Morgan fingerprint density at radius 2 is 2.00 bits per heavy atom. The fraction of sp³-hybridized carbons (Fsp3) is 0.294. The van der Waals surface area contributed by atoms with Crippen molar-refractivity contribution in [1.82, 2.24) is 4.98 Å². The van der Waals surface area contributed by atoms with E-state index in [0.29, 0.717) is 23.7 Å². The fourth-order valence-corrected chi connectivity index (χ4v) is 2.00. The van der Waals surface area contributed by atoms with Crippen molar-refractivity contribution in [3.8, 4) is 11.5 Å². The summed E-state index contributed by atoms with van der Waals surface area (Å²) in [5, 5.41) is 0. The van der Waals surface area contributed by atoms with E-state index in [2.05, 4.69) is 4.98 Å². The minimum atomic E-state index is -0.0404. The summed E-state index contributed by atoms with van der Waals surface area (Å²) in [6.07, 6.45) is 1.74. The summed E-state index contributed by atoms with van der Waals surface area (Å²) < 4.78 is 11.0. The predicted octanol–water partition coefficient (Wildman–Crippen LogP) is 2.94. The van der Waals surface area contributed by atoms with Crippen LogP contribution >= 0.6 is 0 Å². The summed E-state index contributed by atoms with van der Waals surface area (Å²) >= 11 is 0. The van der Waals surface area contributed by atoms with E-state index in [-0.39, 0.29) is 5.78 Å². The molecule has 2 aromatic rings. The van der Waals surface area contributed by atoms with E-state index in [9.17, 15) is 4.79 Å². The van der Waals surface area contributed by atoms with Gasteiger partial charge in [-0.25, -0.2) is 4.98 Å². The lowest BCUT2D eigenvalue weighted by atomic mass is 10.1. The first-order valence-electron chi connectivity index (χ1n) is 6.95. The molecule has 22 heavy (non-hydrogen) atoms. The molecule has 0 atom stereocenters. The molecule has 1 aromatic heterocycles. The number of aromatic nitrogens is 1. The Morgan fingerprint density at radius 3 is 2.64 bits per heavy atom. The highest BCUT2D eigenvalue weighted by atomic mass is 16.5. The third-order valence-electron chi connectivity index (χ3n) is 3.23. The van der Waals surface area contributed by atoms with E-state index in [1.165, 1.54) is 6.92 Å². The average molecular weight is 300 g/mol. The van der Waals surface area contributed by atoms with Gasteiger partial charge in [0, 0.05) is 26.4 Å². The van der Waals surface area contributed by atoms with Gasteiger partial charge in [0.25, 0.3) is 0 Å². The van der Waals surface area contributed by atoms with E-state index >= 15 is 0 Å². The van der Waals surface area contributed by atoms with Crippen molar-refractivity contribution < 1.29 is 14.3 Å². The molecule has 5 nitrogen and oxygen atoms in total. The van der Waals surface area contributed by atoms with Crippen molar-refractivity contribution >= 4 is 11.6 Å². The third kappa shape index (κ3) is 3.75. The second kappa shape index (κ2) is 6.93. The SMILES string of the molecule is COc1ccc(C(C)=O)c(OCc2ccnc(N(C)C)c2)c1. The quantitative estimate of drug-likeness (QED) is 0.768. The predicted molar refractivity (Wildman–Crippen MR) is 85.9 cm³/mol. The maximum Gasteiger partial charge on any atom is 0.163 e. The topological polar surface area (TPSA) is 51.7 Å². The fourth-order valence-electron chi connectivity index (χ4n) is 2.00. The normalized spacial score (nSPS) is 10.2. The van der Waals surface area contributed by atoms with Crippen molar-refractivity contribution in [2.75, 3.05) is 26.1 Å². The van der Waals surface area contributed by atoms with E-state index in [1.807, 2.05) is 31.1 Å². The first kappa shape index (κ1) is 15.8. The molecule has 0 amide bonds. The zero-order valence-electron chi connectivity index (χ0n) is 13.3. The highest BCUT2D eigenvalue weighted by molar-refractivity contribution is 5.97. The standard InChI is InChI=1S/C17H20N2O3/c1-12(20)15-6-5-14(21-4)10-16(15)22-11-13-7-8-18-17(9-13)19(2)3/h5-10H,11H2,1-4H3. The van der Waals surface area contributed by atoms with Gasteiger partial charge in [0.05, 0.1) is 12.7 Å². The van der Waals surface area contributed by atoms with Gasteiger partial charge in [0.15, 0.2) is 5.78 Å². The van der Waals surface area contributed by atoms with Crippen LogP contribution in [0, 0.1) is 0 Å². The number of nitrogens with zero attached hydrogens (tertiary/aromatic N) is 2. The van der Waals surface area contributed by atoms with Crippen LogP contribution in [-0.4, -0.2) is 32.0 Å². The number of ketones is 1. The van der Waals surface area contributed by atoms with Gasteiger partial charge in [0.1, 0.15) is 23.9 Å². The number of anilines is 1. The molecule has 0 saturated carbocycles. The monoisotopic (exact) mass is 300 g/mol. The van der Waals surface area contributed by atoms with Crippen LogP contribution in [0.1, 0.15) is 22.8 Å². The number of methoxy groups -OCH3 is 1. The van der Waals surface area contributed by atoms with Crippen molar-refractivity contribution in [3.05, 3.63) is 47.7 Å². The Labute approximate surface area is 130 Å². The molecule has 0 bridgehead atoms. The van der Waals surface area contributed by atoms with Gasteiger partial charge >= 0.3 is 0 Å². The highest BCUT2D eigenvalue weighted by Crippen LogP contribution is 2.26. The minimum Gasteiger partial charge on any atom is -0.497 e. The molecule has 0 spiro atoms. The second-order valence-corrected chi connectivity index (χ2v) is 5.12. The molecule has 0 fully saturated rings. The molecule has 0 unspecified atom stereocenters. The maximum atomic E-state index is 11.7. The van der Waals surface area contributed by atoms with Gasteiger partial charge in [-0.3, -0.25) is 4.79 Å². The number of Topliss-reactive ketones (excluding diaryl/α,β-unsaturated/α-hetero) is 1. The molecule has 0 aliphatic rings. The van der Waals surface area contributed by atoms with Crippen LogP contribution in [0.5, 0.6) is 11.5 Å². The Balaban J connectivity index is 2.20. The Bertz CT molecular complexity index is 669. The van der Waals surface area contributed by atoms with E-state index in [4.69, 9.17) is 9.47 Å². The lowest BCUT2D eigenvalue weighted by Gasteiger charge is -2.14. The van der Waals surface area contributed by atoms with Gasteiger partial charge in [-0.15, -0.1) is 0 Å². The van der Waals surface area contributed by atoms with Gasteiger partial charge < -0.3 is 14.4 Å². The second-order valence-electron chi connectivity index (χ2n) is 5.12. The number of carbonyl (C=O) groups is 1. The molecule has 1 heterocycles. The van der Waals surface area contributed by atoms with Gasteiger partial charge in [-0.2, -0.15) is 0 Å². The summed E-state index contributed by atoms with van der Waals surface area (Å²) in [6, 6.07) is 9.04. The molecule has 1 aromatic carbocycles. The van der Waals surface area contributed by atoms with Crippen molar-refractivity contribution in [2.24, 2.45) is 0 Å². The Kier molecular flexibility index (Phi) is 4.99. The third-order valence-corrected chi connectivity index (χ3v) is 3.23. The molecular formula is C17H20N2O3. The molecule has 0 radical (unpaired) electrons. The lowest BCUT2D eigenvalue weighted by Crippen LogP contribution is -2.11. The summed E-state index contributed by atoms with van der Waals surface area (Å²) in [6.45, 7) is 1.88. The molecule has 0 saturated heterocycles. The van der Waals surface area contributed by atoms with Crippen LogP contribution < -0.4 is 14.4 Å². The number of carbonyl (C=O) groups excluding carboxylic acids is 1. The summed E-state index contributed by atoms with van der Waals surface area (Å²) in [7, 11) is 5.45. The number of hydrogen-bond donors (Lipinski definition) is 0. The minimum absolute atomic E-state index is 0.0404. The van der Waals surface area contributed by atoms with E-state index in [1.54, 1.807) is 31.5 Å². The molecule has 0 aliphatic carbocycles. The van der Waals surface area contributed by atoms with Crippen LogP contribution in [0.2, 0.25) is 0 Å². The smallest absolute Gasteiger partial charge is 0.163 e. The summed E-state index contributed by atoms with van der Waals surface area (Å²) in [5.74, 6) is 2.00. The highest BCUT2D eigenvalue weighted by Gasteiger charge is 2.10. The van der Waals surface area contributed by atoms with Gasteiger partial charge in [0.2, 0.25) is 0 Å². The van der Waals surface area contributed by atoms with Crippen LogP contribution in [0.3, 0.4) is 0 Å². The number of pyridine rings is 1. The summed E-state index contributed by atoms with van der Waals surface area (Å²) in [4.78, 5) is 17.9. The zero-order valence-corrected chi connectivity index (χ0v) is 13.3. The first-order valence-corrected chi connectivity index (χ1v) is 6.95. The lowest BCUT2D eigenvalue weighted by molar-refractivity contribution is 0.101. The number of benzene rings is 1. The largest absolute Gasteiger partial charge is 0.497 e. The summed E-state index contributed by atoms with van der Waals surface area (Å²) in [5.41, 5.74) is 1.53. The molecule has 0 N–H and O–H groups in total.